The van der Waals surface area contributed by atoms with Crippen LogP contribution in [-0.2, 0) is 4.74 Å². The number of ether oxygens (including phenoxy) is 1. The summed E-state index contributed by atoms with van der Waals surface area (Å²) < 4.78 is 33.8. The first-order chi connectivity index (χ1) is 16.0. The Morgan fingerprint density at radius 2 is 1.82 bits per heavy atom. The van der Waals surface area contributed by atoms with Gasteiger partial charge in [-0.3, -0.25) is 0 Å². The topological polar surface area (TPSA) is 53.5 Å². The lowest BCUT2D eigenvalue weighted by atomic mass is 10.00. The second-order valence-corrected chi connectivity index (χ2v) is 11.4. The Bertz CT molecular complexity index is 957. The third-order valence-electron chi connectivity index (χ3n) is 8.19. The van der Waals surface area contributed by atoms with Gasteiger partial charge in [-0.1, -0.05) is 0 Å². The lowest BCUT2D eigenvalue weighted by Crippen LogP contribution is -2.39. The third kappa shape index (κ3) is 4.56. The minimum atomic E-state index is -2.55. The fraction of sp³-hybridized carbons (Fsp3) is 0.750. The number of likely N-dealkylation sites (tertiary alicyclic amines) is 1. The smallest absolute Gasteiger partial charge is 0.251 e. The van der Waals surface area contributed by atoms with E-state index in [9.17, 15) is 8.78 Å². The maximum atomic E-state index is 13.6. The summed E-state index contributed by atoms with van der Waals surface area (Å²) in [5.74, 6) is 1.39. The average Bonchev–Trinajstić information content (AvgIpc) is 3.50. The summed E-state index contributed by atoms with van der Waals surface area (Å²) in [7, 11) is 0. The van der Waals surface area contributed by atoms with Crippen LogP contribution in [0.5, 0.6) is 0 Å². The van der Waals surface area contributed by atoms with Crippen LogP contribution in [0.2, 0.25) is 0 Å². The van der Waals surface area contributed by atoms with Gasteiger partial charge in [-0.2, -0.15) is 0 Å². The largest absolute Gasteiger partial charge is 0.381 e. The fourth-order valence-electron chi connectivity index (χ4n) is 6.38. The molecular weight excluding hydrogens is 444 g/mol. The lowest BCUT2D eigenvalue weighted by Gasteiger charge is -2.32. The average molecular weight is 478 g/mol. The molecule has 3 aliphatic heterocycles. The summed E-state index contributed by atoms with van der Waals surface area (Å²) >= 11 is 1.63. The Morgan fingerprint density at radius 1 is 1.09 bits per heavy atom. The van der Waals surface area contributed by atoms with E-state index in [0.29, 0.717) is 19.1 Å². The van der Waals surface area contributed by atoms with Gasteiger partial charge in [0.15, 0.2) is 11.6 Å². The van der Waals surface area contributed by atoms with Gasteiger partial charge in [-0.05, 0) is 54.9 Å². The molecule has 3 atom stereocenters. The van der Waals surface area contributed by atoms with Gasteiger partial charge in [0.2, 0.25) is 0 Å². The Hall–Kier alpha value is -1.58. The zero-order valence-electron chi connectivity index (χ0n) is 19.0. The molecule has 3 saturated heterocycles. The van der Waals surface area contributed by atoms with Crippen LogP contribution >= 0.6 is 11.3 Å². The maximum absolute atomic E-state index is 13.6. The van der Waals surface area contributed by atoms with E-state index in [1.54, 1.807) is 11.3 Å². The quantitative estimate of drug-likeness (QED) is 0.686. The van der Waals surface area contributed by atoms with Crippen molar-refractivity contribution in [3.05, 3.63) is 11.4 Å². The minimum Gasteiger partial charge on any atom is -0.381 e. The number of halogens is 2. The first-order valence-corrected chi connectivity index (χ1v) is 13.4. The SMILES string of the molecule is FC1(F)CCN(c2nnc(NC3C[C@@H]4CN(CC5CCOCC5)C[C@@H]4C3)c3ccsc23)CC1. The summed E-state index contributed by atoms with van der Waals surface area (Å²) in [6, 6.07) is 2.52. The molecule has 2 aromatic heterocycles. The van der Waals surface area contributed by atoms with E-state index in [1.807, 2.05) is 4.90 Å². The van der Waals surface area contributed by atoms with E-state index in [4.69, 9.17) is 4.74 Å². The van der Waals surface area contributed by atoms with Crippen molar-refractivity contribution in [3.8, 4) is 0 Å². The molecule has 0 amide bonds. The van der Waals surface area contributed by atoms with E-state index in [-0.39, 0.29) is 12.8 Å². The summed E-state index contributed by atoms with van der Waals surface area (Å²) in [5.41, 5.74) is 0. The van der Waals surface area contributed by atoms with Crippen LogP contribution < -0.4 is 10.2 Å². The van der Waals surface area contributed by atoms with Crippen LogP contribution in [0.1, 0.15) is 38.5 Å². The van der Waals surface area contributed by atoms with Crippen LogP contribution in [0.25, 0.3) is 10.1 Å². The highest BCUT2D eigenvalue weighted by atomic mass is 32.1. The number of rotatable bonds is 5. The van der Waals surface area contributed by atoms with E-state index in [1.165, 1.54) is 45.3 Å². The summed E-state index contributed by atoms with van der Waals surface area (Å²) in [4.78, 5) is 4.66. The zero-order chi connectivity index (χ0) is 22.4. The molecule has 0 radical (unpaired) electrons. The number of hydrogen-bond donors (Lipinski definition) is 1. The van der Waals surface area contributed by atoms with Crippen LogP contribution in [0.15, 0.2) is 11.4 Å². The Morgan fingerprint density at radius 3 is 2.55 bits per heavy atom. The molecule has 9 heteroatoms. The molecule has 0 spiro atoms. The normalized spacial score (nSPS) is 30.7. The monoisotopic (exact) mass is 477 g/mol. The fourth-order valence-corrected chi connectivity index (χ4v) is 7.28. The summed E-state index contributed by atoms with van der Waals surface area (Å²) in [6.45, 7) is 6.20. The molecule has 1 unspecified atom stereocenters. The van der Waals surface area contributed by atoms with E-state index >= 15 is 0 Å². The number of alkyl halides is 2. The number of thiophene rings is 1. The molecule has 1 aliphatic carbocycles. The first-order valence-electron chi connectivity index (χ1n) is 12.5. The van der Waals surface area contributed by atoms with Crippen molar-refractivity contribution in [1.29, 1.82) is 0 Å². The van der Waals surface area contributed by atoms with Gasteiger partial charge >= 0.3 is 0 Å². The van der Waals surface area contributed by atoms with Crippen molar-refractivity contribution in [1.82, 2.24) is 15.1 Å². The van der Waals surface area contributed by atoms with Gasteiger partial charge in [0.1, 0.15) is 0 Å². The number of fused-ring (bicyclic) bond motifs is 2. The van der Waals surface area contributed by atoms with Gasteiger partial charge in [-0.25, -0.2) is 8.78 Å². The summed E-state index contributed by atoms with van der Waals surface area (Å²) in [5, 5.41) is 15.9. The number of anilines is 2. The molecule has 4 aliphatic rings. The molecule has 6 nitrogen and oxygen atoms in total. The second kappa shape index (κ2) is 8.89. The van der Waals surface area contributed by atoms with Gasteiger partial charge in [0.25, 0.3) is 5.92 Å². The van der Waals surface area contributed by atoms with Crippen LogP contribution in [-0.4, -0.2) is 73.0 Å². The molecule has 4 fully saturated rings. The first kappa shape index (κ1) is 21.9. The van der Waals surface area contributed by atoms with Gasteiger partial charge in [0.05, 0.1) is 4.70 Å². The van der Waals surface area contributed by atoms with Gasteiger partial charge in [-0.15, -0.1) is 21.5 Å². The predicted octanol–water partition coefficient (Wildman–Crippen LogP) is 4.48. The highest BCUT2D eigenvalue weighted by Crippen LogP contribution is 2.41. The van der Waals surface area contributed by atoms with Crippen molar-refractivity contribution >= 4 is 33.1 Å². The number of piperidine rings is 1. The molecule has 0 aromatic carbocycles. The van der Waals surface area contributed by atoms with Crippen molar-refractivity contribution in [2.45, 2.75) is 50.5 Å². The van der Waals surface area contributed by atoms with E-state index in [2.05, 4.69) is 31.9 Å². The van der Waals surface area contributed by atoms with Gasteiger partial charge < -0.3 is 19.9 Å². The molecule has 0 bridgehead atoms. The molecule has 1 saturated carbocycles. The van der Waals surface area contributed by atoms with Crippen molar-refractivity contribution in [2.75, 3.05) is 56.2 Å². The van der Waals surface area contributed by atoms with Crippen molar-refractivity contribution in [2.24, 2.45) is 17.8 Å². The van der Waals surface area contributed by atoms with Gasteiger partial charge in [0, 0.05) is 70.2 Å². The number of aromatic nitrogens is 2. The van der Waals surface area contributed by atoms with Crippen LogP contribution in [0, 0.1) is 17.8 Å². The van der Waals surface area contributed by atoms with Crippen LogP contribution in [0.4, 0.5) is 20.4 Å². The molecule has 5 heterocycles. The highest BCUT2D eigenvalue weighted by Gasteiger charge is 2.41. The number of nitrogens with zero attached hydrogens (tertiary/aromatic N) is 4. The molecule has 2 aromatic rings. The zero-order valence-corrected chi connectivity index (χ0v) is 19.8. The molecule has 33 heavy (non-hydrogen) atoms. The third-order valence-corrected chi connectivity index (χ3v) is 9.10. The lowest BCUT2D eigenvalue weighted by molar-refractivity contribution is -0.0221. The Labute approximate surface area is 197 Å². The minimum absolute atomic E-state index is 0.113. The Kier molecular flexibility index (Phi) is 5.91. The molecule has 1 N–H and O–H groups in total. The second-order valence-electron chi connectivity index (χ2n) is 10.5. The van der Waals surface area contributed by atoms with Crippen molar-refractivity contribution < 1.29 is 13.5 Å². The van der Waals surface area contributed by atoms with E-state index in [0.717, 1.165) is 52.7 Å². The molecular formula is C24H33F2N5OS. The number of nitrogens with one attached hydrogen (secondary N) is 1. The molecule has 6 rings (SSSR count). The van der Waals surface area contributed by atoms with Crippen LogP contribution in [0.3, 0.4) is 0 Å². The standard InChI is InChI=1S/C24H33F2N5OS/c25-24(26)4-6-31(7-5-24)23-21-20(3-10-33-21)22(28-29-23)27-19-11-17-14-30(15-18(17)12-19)13-16-1-8-32-9-2-16/h3,10,16-19H,1-2,4-9,11-15H2,(H,27,28)/t17-,18+,19?. The predicted molar refractivity (Wildman–Crippen MR) is 127 cm³/mol. The van der Waals surface area contributed by atoms with E-state index < -0.39 is 5.92 Å². The Balaban J connectivity index is 1.08. The van der Waals surface area contributed by atoms with Crippen molar-refractivity contribution in [3.63, 3.8) is 0 Å². The maximum Gasteiger partial charge on any atom is 0.251 e. The molecule has 180 valence electrons. The summed E-state index contributed by atoms with van der Waals surface area (Å²) in [6.07, 6.45) is 4.56. The highest BCUT2D eigenvalue weighted by molar-refractivity contribution is 7.17. The number of hydrogen-bond acceptors (Lipinski definition) is 7.